The van der Waals surface area contributed by atoms with E-state index in [1.165, 1.54) is 18.2 Å². The first-order valence-corrected chi connectivity index (χ1v) is 9.97. The minimum Gasteiger partial charge on any atom is -0.488 e. The molecule has 4 rings (SSSR count). The molecule has 0 spiro atoms. The van der Waals surface area contributed by atoms with Gasteiger partial charge in [-0.2, -0.15) is 0 Å². The van der Waals surface area contributed by atoms with Crippen molar-refractivity contribution in [3.8, 4) is 5.75 Å². The van der Waals surface area contributed by atoms with Crippen LogP contribution in [0.2, 0.25) is 0 Å². The van der Waals surface area contributed by atoms with Gasteiger partial charge in [-0.05, 0) is 17.2 Å². The highest BCUT2D eigenvalue weighted by Crippen LogP contribution is 2.28. The van der Waals surface area contributed by atoms with E-state index in [1.54, 1.807) is 0 Å². The molecule has 0 N–H and O–H groups in total. The van der Waals surface area contributed by atoms with Crippen LogP contribution in [-0.4, -0.2) is 29.4 Å². The minimum atomic E-state index is -0.814. The number of non-ortho nitro benzene ring substituents is 1. The first-order valence-electron chi connectivity index (χ1n) is 9.97. The molecule has 1 atom stereocenters. The maximum Gasteiger partial charge on any atom is 0.334 e. The van der Waals surface area contributed by atoms with E-state index in [0.29, 0.717) is 5.56 Å². The fourth-order valence-electron chi connectivity index (χ4n) is 3.12. The van der Waals surface area contributed by atoms with Gasteiger partial charge in [-0.15, -0.1) is 0 Å². The molecule has 0 amide bonds. The molecule has 3 aromatic carbocycles. The van der Waals surface area contributed by atoms with Crippen LogP contribution in [-0.2, 0) is 27.5 Å². The number of esters is 1. The predicted molar refractivity (Wildman–Crippen MR) is 116 cm³/mol. The zero-order chi connectivity index (χ0) is 22.3. The van der Waals surface area contributed by atoms with Crippen molar-refractivity contribution in [2.24, 2.45) is 4.99 Å². The molecule has 0 aromatic heterocycles. The molecule has 3 aromatic rings. The molecule has 1 aliphatic heterocycles. The molecule has 162 valence electrons. The normalized spacial score (nSPS) is 14.9. The second kappa shape index (κ2) is 9.74. The quantitative estimate of drug-likeness (QED) is 0.302. The van der Waals surface area contributed by atoms with E-state index >= 15 is 0 Å². The lowest BCUT2D eigenvalue weighted by molar-refractivity contribution is -0.384. The Morgan fingerprint density at radius 1 is 1.00 bits per heavy atom. The second-order valence-corrected chi connectivity index (χ2v) is 7.07. The molecule has 1 heterocycles. The third-order valence-corrected chi connectivity index (χ3v) is 4.79. The van der Waals surface area contributed by atoms with Crippen molar-refractivity contribution in [2.75, 3.05) is 6.61 Å². The van der Waals surface area contributed by atoms with E-state index in [4.69, 9.17) is 14.2 Å². The summed E-state index contributed by atoms with van der Waals surface area (Å²) in [5.74, 6) is -0.0674. The lowest BCUT2D eigenvalue weighted by Gasteiger charge is -2.11. The summed E-state index contributed by atoms with van der Waals surface area (Å²) in [7, 11) is 0. The van der Waals surface area contributed by atoms with Gasteiger partial charge in [0.2, 0.25) is 5.90 Å². The van der Waals surface area contributed by atoms with Crippen LogP contribution >= 0.6 is 0 Å². The average molecular weight is 432 g/mol. The van der Waals surface area contributed by atoms with Crippen molar-refractivity contribution in [1.29, 1.82) is 0 Å². The number of carbonyl (C=O) groups is 1. The van der Waals surface area contributed by atoms with E-state index in [2.05, 4.69) is 4.99 Å². The van der Waals surface area contributed by atoms with Gasteiger partial charge in [-0.1, -0.05) is 60.7 Å². The predicted octanol–water partition coefficient (Wildman–Crippen LogP) is 4.06. The van der Waals surface area contributed by atoms with Gasteiger partial charge >= 0.3 is 5.97 Å². The highest BCUT2D eigenvalue weighted by atomic mass is 16.6. The smallest absolute Gasteiger partial charge is 0.334 e. The summed E-state index contributed by atoms with van der Waals surface area (Å²) in [6.45, 7) is 0.382. The molecule has 0 saturated heterocycles. The van der Waals surface area contributed by atoms with Crippen molar-refractivity contribution in [3.63, 3.8) is 0 Å². The van der Waals surface area contributed by atoms with Gasteiger partial charge in [-0.3, -0.25) is 10.1 Å². The maximum absolute atomic E-state index is 12.4. The van der Waals surface area contributed by atoms with E-state index in [9.17, 15) is 14.9 Å². The van der Waals surface area contributed by atoms with Crippen molar-refractivity contribution in [1.82, 2.24) is 0 Å². The molecule has 0 radical (unpaired) electrons. The van der Waals surface area contributed by atoms with Crippen molar-refractivity contribution in [2.45, 2.75) is 19.3 Å². The monoisotopic (exact) mass is 432 g/mol. The number of rotatable bonds is 8. The summed E-state index contributed by atoms with van der Waals surface area (Å²) in [4.78, 5) is 27.5. The molecule has 1 aliphatic rings. The van der Waals surface area contributed by atoms with Gasteiger partial charge in [0.1, 0.15) is 25.6 Å². The van der Waals surface area contributed by atoms with Gasteiger partial charge in [0.25, 0.3) is 5.69 Å². The number of nitro groups is 1. The Morgan fingerprint density at radius 2 is 1.66 bits per heavy atom. The lowest BCUT2D eigenvalue weighted by Crippen LogP contribution is -2.22. The first kappa shape index (κ1) is 21.0. The molecule has 0 bridgehead atoms. The molecule has 0 unspecified atom stereocenters. The molecule has 0 saturated carbocycles. The van der Waals surface area contributed by atoms with Crippen LogP contribution in [0.25, 0.3) is 0 Å². The Kier molecular flexibility index (Phi) is 6.41. The Bertz CT molecular complexity index is 1130. The third kappa shape index (κ3) is 5.10. The van der Waals surface area contributed by atoms with E-state index in [-0.39, 0.29) is 37.2 Å². The highest BCUT2D eigenvalue weighted by molar-refractivity contribution is 6.00. The van der Waals surface area contributed by atoms with E-state index in [0.717, 1.165) is 11.1 Å². The zero-order valence-corrected chi connectivity index (χ0v) is 17.0. The molecule has 32 heavy (non-hydrogen) atoms. The number of hydrogen-bond acceptors (Lipinski definition) is 7. The van der Waals surface area contributed by atoms with Crippen LogP contribution in [0.1, 0.15) is 16.7 Å². The summed E-state index contributed by atoms with van der Waals surface area (Å²) in [5, 5.41) is 11.2. The number of carbonyl (C=O) groups excluding carboxylic acids is 1. The van der Waals surface area contributed by atoms with Gasteiger partial charge in [0, 0.05) is 6.07 Å². The van der Waals surface area contributed by atoms with Crippen LogP contribution in [0, 0.1) is 10.1 Å². The standard InChI is InChI=1S/C24H20N2O6/c27-24(32-15-18-9-5-2-6-10-18)21-16-31-23(25-21)20-12-11-19(26(28)29)13-22(20)30-14-17-7-3-1-4-8-17/h1-13,21H,14-16H2/t21-/m0/s1. The summed E-state index contributed by atoms with van der Waals surface area (Å²) in [6.07, 6.45) is 0. The average Bonchev–Trinajstić information content (AvgIpc) is 3.32. The number of aliphatic imine (C=N–C) groups is 1. The van der Waals surface area contributed by atoms with E-state index < -0.39 is 16.9 Å². The van der Waals surface area contributed by atoms with Gasteiger partial charge in [0.05, 0.1) is 16.6 Å². The molecular formula is C24H20N2O6. The van der Waals surface area contributed by atoms with Gasteiger partial charge < -0.3 is 14.2 Å². The topological polar surface area (TPSA) is 100 Å². The van der Waals surface area contributed by atoms with Crippen LogP contribution in [0.15, 0.2) is 83.9 Å². The second-order valence-electron chi connectivity index (χ2n) is 7.07. The third-order valence-electron chi connectivity index (χ3n) is 4.79. The number of nitrogens with zero attached hydrogens (tertiary/aromatic N) is 2. The highest BCUT2D eigenvalue weighted by Gasteiger charge is 2.30. The fraction of sp³-hybridized carbons (Fsp3) is 0.167. The van der Waals surface area contributed by atoms with Crippen LogP contribution in [0.5, 0.6) is 5.75 Å². The molecule has 0 aliphatic carbocycles. The zero-order valence-electron chi connectivity index (χ0n) is 17.0. The summed E-state index contributed by atoms with van der Waals surface area (Å²) >= 11 is 0. The minimum absolute atomic E-state index is 0.0259. The van der Waals surface area contributed by atoms with Crippen molar-refractivity contribution >= 4 is 17.6 Å². The Balaban J connectivity index is 1.50. The summed E-state index contributed by atoms with van der Waals surface area (Å²) in [6, 6.07) is 22.1. The summed E-state index contributed by atoms with van der Waals surface area (Å²) < 4.78 is 16.8. The van der Waals surface area contributed by atoms with Crippen molar-refractivity contribution in [3.05, 3.63) is 106 Å². The Labute approximate surface area is 184 Å². The first-order chi connectivity index (χ1) is 15.6. The number of hydrogen-bond donors (Lipinski definition) is 0. The Hall–Kier alpha value is -4.20. The van der Waals surface area contributed by atoms with Crippen molar-refractivity contribution < 1.29 is 23.9 Å². The van der Waals surface area contributed by atoms with Crippen LogP contribution < -0.4 is 4.74 Å². The maximum atomic E-state index is 12.4. The molecule has 8 nitrogen and oxygen atoms in total. The number of benzene rings is 3. The summed E-state index contributed by atoms with van der Waals surface area (Å²) in [5.41, 5.74) is 2.09. The SMILES string of the molecule is O=C(OCc1ccccc1)[C@@H]1COC(c2ccc([N+](=O)[O-])cc2OCc2ccccc2)=N1. The largest absolute Gasteiger partial charge is 0.488 e. The number of ether oxygens (including phenoxy) is 3. The molecule has 8 heteroatoms. The van der Waals surface area contributed by atoms with E-state index in [1.807, 2.05) is 60.7 Å². The van der Waals surface area contributed by atoms with Gasteiger partial charge in [0.15, 0.2) is 6.04 Å². The molecule has 0 fully saturated rings. The lowest BCUT2D eigenvalue weighted by atomic mass is 10.1. The number of nitro benzene ring substituents is 1. The fourth-order valence-corrected chi connectivity index (χ4v) is 3.12. The van der Waals surface area contributed by atoms with Crippen LogP contribution in [0.3, 0.4) is 0 Å². The Morgan fingerprint density at radius 3 is 2.31 bits per heavy atom. The molecular weight excluding hydrogens is 412 g/mol. The van der Waals surface area contributed by atoms with Crippen LogP contribution in [0.4, 0.5) is 5.69 Å². The van der Waals surface area contributed by atoms with Gasteiger partial charge in [-0.25, -0.2) is 9.79 Å².